The van der Waals surface area contributed by atoms with Crippen LogP contribution in [0.3, 0.4) is 0 Å². The van der Waals surface area contributed by atoms with Gasteiger partial charge in [-0.3, -0.25) is 0 Å². The zero-order chi connectivity index (χ0) is 13.8. The molecule has 1 aromatic heterocycles. The Morgan fingerprint density at radius 2 is 2.30 bits per heavy atom. The summed E-state index contributed by atoms with van der Waals surface area (Å²) in [5, 5.41) is 7.50. The number of hydrogen-bond acceptors (Lipinski definition) is 3. The van der Waals surface area contributed by atoms with Crippen molar-refractivity contribution in [1.82, 2.24) is 5.32 Å². The lowest BCUT2D eigenvalue weighted by Gasteiger charge is -2.23. The molecule has 0 saturated carbocycles. The maximum Gasteiger partial charge on any atom is 0.0510 e. The number of rotatable bonds is 6. The molecule has 2 nitrogen and oxygen atoms in total. The number of fused-ring (bicyclic) bond motifs is 1. The van der Waals surface area contributed by atoms with Crippen LogP contribution in [0, 0.1) is 5.92 Å². The molecule has 1 fully saturated rings. The topological polar surface area (TPSA) is 21.3 Å². The molecule has 1 aromatic carbocycles. The second kappa shape index (κ2) is 6.70. The Balaban J connectivity index is 1.77. The molecule has 3 heteroatoms. The molecular weight excluding hydrogens is 266 g/mol. The summed E-state index contributed by atoms with van der Waals surface area (Å²) in [6.45, 7) is 5.18. The summed E-state index contributed by atoms with van der Waals surface area (Å²) in [5.74, 6) is 0.667. The van der Waals surface area contributed by atoms with E-state index in [1.54, 1.807) is 0 Å². The Morgan fingerprint density at radius 1 is 1.40 bits per heavy atom. The van der Waals surface area contributed by atoms with Gasteiger partial charge in [0.05, 0.1) is 6.61 Å². The largest absolute Gasteiger partial charge is 0.381 e. The summed E-state index contributed by atoms with van der Waals surface area (Å²) in [4.78, 5) is 0. The normalized spacial score (nSPS) is 20.6. The van der Waals surface area contributed by atoms with E-state index in [2.05, 4.69) is 41.9 Å². The summed E-state index contributed by atoms with van der Waals surface area (Å²) >= 11 is 1.86. The molecule has 0 bridgehead atoms. The summed E-state index contributed by atoms with van der Waals surface area (Å²) in [5.41, 5.74) is 1.49. The van der Waals surface area contributed by atoms with Crippen molar-refractivity contribution in [1.29, 1.82) is 0 Å². The smallest absolute Gasteiger partial charge is 0.0510 e. The molecule has 3 rings (SSSR count). The number of benzene rings is 1. The van der Waals surface area contributed by atoms with E-state index in [0.29, 0.717) is 12.0 Å². The highest BCUT2D eigenvalue weighted by atomic mass is 32.1. The van der Waals surface area contributed by atoms with Gasteiger partial charge in [0, 0.05) is 23.3 Å². The predicted molar refractivity (Wildman–Crippen MR) is 86.5 cm³/mol. The van der Waals surface area contributed by atoms with E-state index in [-0.39, 0.29) is 0 Å². The molecule has 2 aromatic rings. The molecule has 1 aliphatic heterocycles. The van der Waals surface area contributed by atoms with Crippen LogP contribution in [0.15, 0.2) is 29.6 Å². The molecule has 1 aliphatic rings. The van der Waals surface area contributed by atoms with Crippen molar-refractivity contribution in [3.05, 3.63) is 35.2 Å². The van der Waals surface area contributed by atoms with Gasteiger partial charge in [0.1, 0.15) is 0 Å². The molecule has 0 spiro atoms. The molecule has 1 N–H and O–H groups in total. The molecule has 0 aliphatic carbocycles. The van der Waals surface area contributed by atoms with E-state index in [1.165, 1.54) is 28.5 Å². The molecule has 108 valence electrons. The van der Waals surface area contributed by atoms with Crippen LogP contribution in [0.5, 0.6) is 0 Å². The third kappa shape index (κ3) is 3.05. The third-order valence-electron chi connectivity index (χ3n) is 4.19. The van der Waals surface area contributed by atoms with Gasteiger partial charge in [0.15, 0.2) is 0 Å². The van der Waals surface area contributed by atoms with Gasteiger partial charge in [0.2, 0.25) is 0 Å². The molecule has 0 amide bonds. The number of nitrogens with one attached hydrogen (secondary N) is 1. The van der Waals surface area contributed by atoms with Crippen LogP contribution in [0.4, 0.5) is 0 Å². The average Bonchev–Trinajstić information content (AvgIpc) is 3.13. The van der Waals surface area contributed by atoms with Crippen LogP contribution in [-0.2, 0) is 11.2 Å². The molecule has 1 saturated heterocycles. The van der Waals surface area contributed by atoms with Crippen molar-refractivity contribution in [2.45, 2.75) is 32.2 Å². The number of ether oxygens (including phenoxy) is 1. The Hall–Kier alpha value is -0.900. The lowest BCUT2D eigenvalue weighted by Crippen LogP contribution is -2.38. The van der Waals surface area contributed by atoms with Crippen LogP contribution in [0.1, 0.15) is 25.3 Å². The standard InChI is InChI=1S/C17H23NOS/c1-2-8-18-16(13-7-9-19-11-13)10-14-12-20-17-6-4-3-5-15(14)17/h3-6,12-13,16,18H,2,7-11H2,1H3. The van der Waals surface area contributed by atoms with E-state index < -0.39 is 0 Å². The SMILES string of the molecule is CCCNC(Cc1csc2ccccc12)C1CCOC1. The van der Waals surface area contributed by atoms with E-state index in [1.807, 2.05) is 11.3 Å². The second-order valence-electron chi connectivity index (χ2n) is 5.65. The first-order valence-electron chi connectivity index (χ1n) is 7.64. The quantitative estimate of drug-likeness (QED) is 0.872. The maximum absolute atomic E-state index is 5.59. The van der Waals surface area contributed by atoms with E-state index in [9.17, 15) is 0 Å². The average molecular weight is 289 g/mol. The lowest BCUT2D eigenvalue weighted by molar-refractivity contribution is 0.176. The van der Waals surface area contributed by atoms with Crippen LogP contribution in [0.25, 0.3) is 10.1 Å². The molecule has 2 heterocycles. The Bertz CT molecular complexity index is 545. The van der Waals surface area contributed by atoms with Gasteiger partial charge >= 0.3 is 0 Å². The molecular formula is C17H23NOS. The van der Waals surface area contributed by atoms with Crippen molar-refractivity contribution in [2.24, 2.45) is 5.92 Å². The Labute approximate surface area is 125 Å². The lowest BCUT2D eigenvalue weighted by atomic mass is 9.92. The summed E-state index contributed by atoms with van der Waals surface area (Å²) < 4.78 is 6.99. The Morgan fingerprint density at radius 3 is 3.10 bits per heavy atom. The summed E-state index contributed by atoms with van der Waals surface area (Å²) in [6, 6.07) is 9.29. The molecule has 20 heavy (non-hydrogen) atoms. The van der Waals surface area contributed by atoms with Crippen molar-refractivity contribution >= 4 is 21.4 Å². The predicted octanol–water partition coefficient (Wildman–Crippen LogP) is 3.85. The van der Waals surface area contributed by atoms with Gasteiger partial charge in [0.25, 0.3) is 0 Å². The fourth-order valence-electron chi connectivity index (χ4n) is 3.03. The number of thiophene rings is 1. The number of hydrogen-bond donors (Lipinski definition) is 1. The first kappa shape index (κ1) is 14.1. The van der Waals surface area contributed by atoms with Crippen molar-refractivity contribution in [3.8, 4) is 0 Å². The fourth-order valence-corrected chi connectivity index (χ4v) is 4.01. The van der Waals surface area contributed by atoms with E-state index in [0.717, 1.165) is 26.2 Å². The minimum Gasteiger partial charge on any atom is -0.381 e. The first-order chi connectivity index (χ1) is 9.88. The van der Waals surface area contributed by atoms with Crippen LogP contribution in [0.2, 0.25) is 0 Å². The van der Waals surface area contributed by atoms with Gasteiger partial charge in [-0.1, -0.05) is 25.1 Å². The van der Waals surface area contributed by atoms with Crippen LogP contribution >= 0.6 is 11.3 Å². The minimum absolute atomic E-state index is 0.551. The van der Waals surface area contributed by atoms with Gasteiger partial charge in [-0.15, -0.1) is 11.3 Å². The summed E-state index contributed by atoms with van der Waals surface area (Å²) in [7, 11) is 0. The minimum atomic E-state index is 0.551. The zero-order valence-corrected chi connectivity index (χ0v) is 12.9. The maximum atomic E-state index is 5.59. The molecule has 0 radical (unpaired) electrons. The zero-order valence-electron chi connectivity index (χ0n) is 12.1. The Kier molecular flexibility index (Phi) is 4.71. The van der Waals surface area contributed by atoms with Crippen molar-refractivity contribution < 1.29 is 4.74 Å². The van der Waals surface area contributed by atoms with Crippen LogP contribution < -0.4 is 5.32 Å². The highest BCUT2D eigenvalue weighted by molar-refractivity contribution is 7.17. The molecule has 2 atom stereocenters. The second-order valence-corrected chi connectivity index (χ2v) is 6.56. The highest BCUT2D eigenvalue weighted by Crippen LogP contribution is 2.29. The fraction of sp³-hybridized carbons (Fsp3) is 0.529. The van der Waals surface area contributed by atoms with E-state index in [4.69, 9.17) is 4.74 Å². The third-order valence-corrected chi connectivity index (χ3v) is 5.20. The van der Waals surface area contributed by atoms with E-state index >= 15 is 0 Å². The monoisotopic (exact) mass is 289 g/mol. The first-order valence-corrected chi connectivity index (χ1v) is 8.52. The van der Waals surface area contributed by atoms with Gasteiger partial charge in [-0.25, -0.2) is 0 Å². The van der Waals surface area contributed by atoms with Crippen molar-refractivity contribution in [2.75, 3.05) is 19.8 Å². The highest BCUT2D eigenvalue weighted by Gasteiger charge is 2.26. The molecule has 2 unspecified atom stereocenters. The van der Waals surface area contributed by atoms with Gasteiger partial charge in [-0.2, -0.15) is 0 Å². The summed E-state index contributed by atoms with van der Waals surface area (Å²) in [6.07, 6.45) is 3.51. The van der Waals surface area contributed by atoms with Gasteiger partial charge < -0.3 is 10.1 Å². The van der Waals surface area contributed by atoms with Gasteiger partial charge in [-0.05, 0) is 48.2 Å². The van der Waals surface area contributed by atoms with Crippen molar-refractivity contribution in [3.63, 3.8) is 0 Å². The van der Waals surface area contributed by atoms with Crippen LogP contribution in [-0.4, -0.2) is 25.8 Å².